The summed E-state index contributed by atoms with van der Waals surface area (Å²) in [6, 6.07) is 0. The molecule has 0 unspecified atom stereocenters. The molecule has 0 amide bonds. The summed E-state index contributed by atoms with van der Waals surface area (Å²) in [5.74, 6) is 0.933. The molecular formula is C8H19O3PS. The number of hydrogen-bond acceptors (Lipinski definition) is 2. The van der Waals surface area contributed by atoms with Gasteiger partial charge >= 0.3 is 7.60 Å². The Morgan fingerprint density at radius 2 is 1.38 bits per heavy atom. The van der Waals surface area contributed by atoms with Gasteiger partial charge < -0.3 is 9.79 Å². The molecule has 0 fully saturated rings. The van der Waals surface area contributed by atoms with Crippen molar-refractivity contribution in [2.45, 2.75) is 38.5 Å². The molecule has 0 heterocycles. The van der Waals surface area contributed by atoms with E-state index in [1.807, 2.05) is 0 Å². The highest BCUT2D eigenvalue weighted by Crippen LogP contribution is 2.35. The average Bonchev–Trinajstić information content (AvgIpc) is 2.01. The molecule has 0 rings (SSSR count). The first-order valence-corrected chi connectivity index (χ1v) is 7.15. The lowest BCUT2D eigenvalue weighted by Gasteiger charge is -2.03. The minimum absolute atomic E-state index is 0.0412. The molecule has 13 heavy (non-hydrogen) atoms. The highest BCUT2D eigenvalue weighted by atomic mass is 32.1. The van der Waals surface area contributed by atoms with Gasteiger partial charge in [0.2, 0.25) is 0 Å². The van der Waals surface area contributed by atoms with Gasteiger partial charge in [-0.25, -0.2) is 0 Å². The third-order valence-electron chi connectivity index (χ3n) is 1.86. The minimum atomic E-state index is -3.74. The second-order valence-corrected chi connectivity index (χ2v) is 5.46. The standard InChI is InChI=1S/C8H19O3PS/c9-12(10,11)7-5-3-1-2-4-6-8-13/h13H,1-8H2,(H2,9,10,11). The Kier molecular flexibility index (Phi) is 8.17. The van der Waals surface area contributed by atoms with Crippen LogP contribution in [0, 0.1) is 0 Å². The Bertz CT molecular complexity index is 157. The highest BCUT2D eigenvalue weighted by Gasteiger charge is 2.10. The summed E-state index contributed by atoms with van der Waals surface area (Å²) in [5, 5.41) is 0. The van der Waals surface area contributed by atoms with Crippen molar-refractivity contribution in [3.63, 3.8) is 0 Å². The number of thiol groups is 1. The normalized spacial score (nSPS) is 11.9. The Balaban J connectivity index is 3.04. The van der Waals surface area contributed by atoms with E-state index in [2.05, 4.69) is 12.6 Å². The average molecular weight is 226 g/mol. The molecule has 0 bridgehead atoms. The fourth-order valence-corrected chi connectivity index (χ4v) is 2.00. The van der Waals surface area contributed by atoms with Gasteiger partial charge in [-0.3, -0.25) is 4.57 Å². The van der Waals surface area contributed by atoms with Gasteiger partial charge in [0, 0.05) is 6.16 Å². The van der Waals surface area contributed by atoms with Crippen molar-refractivity contribution >= 4 is 20.2 Å². The molecule has 5 heteroatoms. The second kappa shape index (κ2) is 7.86. The smallest absolute Gasteiger partial charge is 0.324 e. The fourth-order valence-electron chi connectivity index (χ4n) is 1.14. The lowest BCUT2D eigenvalue weighted by atomic mass is 10.1. The van der Waals surface area contributed by atoms with Crippen LogP contribution < -0.4 is 0 Å². The summed E-state index contributed by atoms with van der Waals surface area (Å²) in [5.41, 5.74) is 0. The zero-order valence-corrected chi connectivity index (χ0v) is 9.64. The first-order chi connectivity index (χ1) is 6.06. The predicted octanol–water partition coefficient (Wildman–Crippen LogP) is 2.43. The summed E-state index contributed by atoms with van der Waals surface area (Å²) in [7, 11) is -3.74. The van der Waals surface area contributed by atoms with Crippen molar-refractivity contribution in [3.05, 3.63) is 0 Å². The van der Waals surface area contributed by atoms with E-state index < -0.39 is 7.60 Å². The second-order valence-electron chi connectivity index (χ2n) is 3.23. The van der Waals surface area contributed by atoms with E-state index in [1.54, 1.807) is 0 Å². The molecular weight excluding hydrogens is 207 g/mol. The molecule has 0 aliphatic carbocycles. The van der Waals surface area contributed by atoms with Crippen LogP contribution in [0.1, 0.15) is 38.5 Å². The quantitative estimate of drug-likeness (QED) is 0.338. The van der Waals surface area contributed by atoms with Crippen molar-refractivity contribution in [2.75, 3.05) is 11.9 Å². The van der Waals surface area contributed by atoms with Gasteiger partial charge in [0.25, 0.3) is 0 Å². The van der Waals surface area contributed by atoms with E-state index in [-0.39, 0.29) is 6.16 Å². The molecule has 0 aromatic carbocycles. The Morgan fingerprint density at radius 1 is 0.923 bits per heavy atom. The number of unbranched alkanes of at least 4 members (excludes halogenated alkanes) is 5. The molecule has 0 aromatic rings. The molecule has 0 aromatic heterocycles. The van der Waals surface area contributed by atoms with E-state index in [1.165, 1.54) is 6.42 Å². The van der Waals surface area contributed by atoms with Gasteiger partial charge in [-0.1, -0.05) is 25.7 Å². The third-order valence-corrected chi connectivity index (χ3v) is 3.07. The Hall–Kier alpha value is 0.500. The molecule has 0 saturated heterocycles. The van der Waals surface area contributed by atoms with Crippen LogP contribution in [0.5, 0.6) is 0 Å². The van der Waals surface area contributed by atoms with Gasteiger partial charge in [0.15, 0.2) is 0 Å². The van der Waals surface area contributed by atoms with Gasteiger partial charge in [-0.15, -0.1) is 0 Å². The highest BCUT2D eigenvalue weighted by molar-refractivity contribution is 7.80. The van der Waals surface area contributed by atoms with Crippen LogP contribution in [0.4, 0.5) is 0 Å². The van der Waals surface area contributed by atoms with Gasteiger partial charge in [-0.2, -0.15) is 12.6 Å². The summed E-state index contributed by atoms with van der Waals surface area (Å²) in [4.78, 5) is 17.1. The summed E-state index contributed by atoms with van der Waals surface area (Å²) in [6.45, 7) is 0. The maximum absolute atomic E-state index is 10.5. The zero-order chi connectivity index (χ0) is 10.2. The van der Waals surface area contributed by atoms with Crippen molar-refractivity contribution in [3.8, 4) is 0 Å². The largest absolute Gasteiger partial charge is 0.325 e. The monoisotopic (exact) mass is 226 g/mol. The first kappa shape index (κ1) is 13.5. The van der Waals surface area contributed by atoms with E-state index >= 15 is 0 Å². The molecule has 0 aliphatic rings. The maximum atomic E-state index is 10.5. The molecule has 80 valence electrons. The minimum Gasteiger partial charge on any atom is -0.324 e. The van der Waals surface area contributed by atoms with Crippen LogP contribution in [-0.4, -0.2) is 21.7 Å². The third kappa shape index (κ3) is 12.5. The van der Waals surface area contributed by atoms with Gasteiger partial charge in [-0.05, 0) is 18.6 Å². The van der Waals surface area contributed by atoms with Crippen molar-refractivity contribution < 1.29 is 14.4 Å². The van der Waals surface area contributed by atoms with Crippen LogP contribution in [0.15, 0.2) is 0 Å². The molecule has 2 N–H and O–H groups in total. The van der Waals surface area contributed by atoms with Gasteiger partial charge in [0.1, 0.15) is 0 Å². The van der Waals surface area contributed by atoms with Crippen LogP contribution in [-0.2, 0) is 4.57 Å². The van der Waals surface area contributed by atoms with Crippen molar-refractivity contribution in [2.24, 2.45) is 0 Å². The maximum Gasteiger partial charge on any atom is 0.325 e. The van der Waals surface area contributed by atoms with E-state index in [4.69, 9.17) is 9.79 Å². The van der Waals surface area contributed by atoms with E-state index in [9.17, 15) is 4.57 Å². The van der Waals surface area contributed by atoms with Crippen molar-refractivity contribution in [1.29, 1.82) is 0 Å². The SMILES string of the molecule is O=P(O)(O)CCCCCCCCS. The van der Waals surface area contributed by atoms with E-state index in [0.717, 1.165) is 31.4 Å². The summed E-state index contributed by atoms with van der Waals surface area (Å²) >= 11 is 4.10. The lowest BCUT2D eigenvalue weighted by Crippen LogP contribution is -1.88. The van der Waals surface area contributed by atoms with Crippen LogP contribution >= 0.6 is 20.2 Å². The summed E-state index contributed by atoms with van der Waals surface area (Å²) < 4.78 is 10.5. The first-order valence-electron chi connectivity index (χ1n) is 4.72. The molecule has 0 atom stereocenters. The van der Waals surface area contributed by atoms with Crippen LogP contribution in [0.3, 0.4) is 0 Å². The summed E-state index contributed by atoms with van der Waals surface area (Å²) in [6.07, 6.45) is 6.17. The van der Waals surface area contributed by atoms with E-state index in [0.29, 0.717) is 6.42 Å². The molecule has 0 aliphatic heterocycles. The fraction of sp³-hybridized carbons (Fsp3) is 1.00. The Morgan fingerprint density at radius 3 is 1.85 bits per heavy atom. The predicted molar refractivity (Wildman–Crippen MR) is 58.5 cm³/mol. The number of hydrogen-bond donors (Lipinski definition) is 3. The van der Waals surface area contributed by atoms with Crippen LogP contribution in [0.2, 0.25) is 0 Å². The van der Waals surface area contributed by atoms with Crippen LogP contribution in [0.25, 0.3) is 0 Å². The molecule has 0 spiro atoms. The Labute approximate surface area is 85.5 Å². The lowest BCUT2D eigenvalue weighted by molar-refractivity contribution is 0.370. The zero-order valence-electron chi connectivity index (χ0n) is 7.85. The molecule has 3 nitrogen and oxygen atoms in total. The number of rotatable bonds is 8. The van der Waals surface area contributed by atoms with Gasteiger partial charge in [0.05, 0.1) is 0 Å². The topological polar surface area (TPSA) is 57.5 Å². The van der Waals surface area contributed by atoms with Crippen molar-refractivity contribution in [1.82, 2.24) is 0 Å². The molecule has 0 radical (unpaired) electrons. The molecule has 0 saturated carbocycles.